The summed E-state index contributed by atoms with van der Waals surface area (Å²) in [6.07, 6.45) is 1.25. The Morgan fingerprint density at radius 3 is 2.00 bits per heavy atom. The molecule has 0 fully saturated rings. The number of nitrogens with two attached hydrogens (primary N) is 1. The van der Waals surface area contributed by atoms with Gasteiger partial charge in [-0.2, -0.15) is 5.26 Å². The number of nitriles is 1. The summed E-state index contributed by atoms with van der Waals surface area (Å²) in [5.41, 5.74) is 2.50. The van der Waals surface area contributed by atoms with Crippen molar-refractivity contribution in [3.05, 3.63) is 31.3 Å². The first-order valence-corrected chi connectivity index (χ1v) is 3.62. The molecule has 0 radical (unpaired) electrons. The lowest BCUT2D eigenvalue weighted by atomic mass is 10.5. The van der Waals surface area contributed by atoms with Gasteiger partial charge in [-0.3, -0.25) is 24.7 Å². The average molecular weight is 210 g/mol. The standard InChI is InChI=1S/C5H4N4O3.CH2N2/c10-3-1-2(7-4(11)6-1)8-5(12)9-3;2-1-3/h(H4,6,7,8,9,10,11,12);2H2. The Morgan fingerprint density at radius 2 is 1.47 bits per heavy atom. The van der Waals surface area contributed by atoms with Crippen molar-refractivity contribution in [3.63, 3.8) is 0 Å². The summed E-state index contributed by atoms with van der Waals surface area (Å²) in [6, 6.07) is 0. The molecule has 0 unspecified atom stereocenters. The van der Waals surface area contributed by atoms with Crippen LogP contribution in [0.15, 0.2) is 14.4 Å². The van der Waals surface area contributed by atoms with Crippen LogP contribution in [0, 0.1) is 11.5 Å². The highest BCUT2D eigenvalue weighted by Crippen LogP contribution is 1.88. The molecule has 9 nitrogen and oxygen atoms in total. The largest absolute Gasteiger partial charge is 0.337 e. The van der Waals surface area contributed by atoms with Gasteiger partial charge in [-0.05, 0) is 0 Å². The molecule has 0 atom stereocenters. The Bertz CT molecular complexity index is 665. The van der Waals surface area contributed by atoms with Crippen LogP contribution in [0.1, 0.15) is 0 Å². The van der Waals surface area contributed by atoms with E-state index in [-0.39, 0.29) is 11.2 Å². The number of nitrogens with zero attached hydrogens (tertiary/aromatic N) is 1. The van der Waals surface area contributed by atoms with Gasteiger partial charge in [0.1, 0.15) is 11.2 Å². The lowest BCUT2D eigenvalue weighted by Gasteiger charge is -1.83. The first-order chi connectivity index (χ1) is 7.08. The van der Waals surface area contributed by atoms with Crippen LogP contribution in [0.4, 0.5) is 0 Å². The van der Waals surface area contributed by atoms with Crippen molar-refractivity contribution in [3.8, 4) is 6.19 Å². The average Bonchev–Trinajstić information content (AvgIpc) is 2.47. The highest BCUT2D eigenvalue weighted by Gasteiger charge is 2.02. The molecule has 2 aromatic heterocycles. The number of aromatic amines is 4. The van der Waals surface area contributed by atoms with Crippen LogP contribution in [0.25, 0.3) is 11.2 Å². The lowest BCUT2D eigenvalue weighted by Crippen LogP contribution is -2.21. The molecule has 2 rings (SSSR count). The van der Waals surface area contributed by atoms with Crippen LogP contribution in [0.2, 0.25) is 0 Å². The first-order valence-electron chi connectivity index (χ1n) is 3.62. The Labute approximate surface area is 80.6 Å². The zero-order valence-electron chi connectivity index (χ0n) is 7.25. The molecule has 0 aliphatic carbocycles. The van der Waals surface area contributed by atoms with E-state index in [1.807, 2.05) is 4.98 Å². The molecule has 15 heavy (non-hydrogen) atoms. The topological polar surface area (TPSA) is 164 Å². The fourth-order valence-electron chi connectivity index (χ4n) is 0.958. The minimum atomic E-state index is -0.650. The van der Waals surface area contributed by atoms with Gasteiger partial charge in [0.2, 0.25) is 0 Å². The van der Waals surface area contributed by atoms with E-state index in [0.717, 1.165) is 0 Å². The Morgan fingerprint density at radius 1 is 1.00 bits per heavy atom. The molecule has 0 saturated heterocycles. The smallest absolute Gasteiger partial charge is 0.327 e. The molecule has 0 amide bonds. The van der Waals surface area contributed by atoms with Gasteiger partial charge in [0.15, 0.2) is 6.19 Å². The number of aromatic nitrogens is 4. The number of rotatable bonds is 0. The molecule has 0 aliphatic rings. The first kappa shape index (κ1) is 10.3. The van der Waals surface area contributed by atoms with E-state index in [1.54, 1.807) is 0 Å². The summed E-state index contributed by atoms with van der Waals surface area (Å²) in [4.78, 5) is 41.0. The number of imidazole rings is 1. The molecule has 0 aliphatic heterocycles. The van der Waals surface area contributed by atoms with E-state index < -0.39 is 16.9 Å². The molecule has 0 saturated carbocycles. The van der Waals surface area contributed by atoms with E-state index >= 15 is 0 Å². The summed E-state index contributed by atoms with van der Waals surface area (Å²) in [5, 5.41) is 7.10. The normalized spacial score (nSPS) is 9.00. The lowest BCUT2D eigenvalue weighted by molar-refractivity contribution is 1.07. The van der Waals surface area contributed by atoms with Crippen LogP contribution < -0.4 is 22.7 Å². The van der Waals surface area contributed by atoms with Crippen molar-refractivity contribution in [2.75, 3.05) is 0 Å². The van der Waals surface area contributed by atoms with Crippen molar-refractivity contribution in [2.24, 2.45) is 5.73 Å². The zero-order valence-corrected chi connectivity index (χ0v) is 7.25. The molecule has 2 heterocycles. The van der Waals surface area contributed by atoms with Crippen LogP contribution in [-0.4, -0.2) is 19.9 Å². The van der Waals surface area contributed by atoms with Gasteiger partial charge in [-0.15, -0.1) is 0 Å². The second-order valence-electron chi connectivity index (χ2n) is 2.37. The van der Waals surface area contributed by atoms with E-state index in [2.05, 4.69) is 20.7 Å². The van der Waals surface area contributed by atoms with Crippen molar-refractivity contribution >= 4 is 11.2 Å². The molecule has 9 heteroatoms. The third kappa shape index (κ3) is 2.13. The molecule has 0 spiro atoms. The molecular formula is C6H6N6O3. The van der Waals surface area contributed by atoms with Gasteiger partial charge in [0.25, 0.3) is 5.56 Å². The van der Waals surface area contributed by atoms with Gasteiger partial charge in [-0.1, -0.05) is 0 Å². The Balaban J connectivity index is 0.000000337. The number of fused-ring (bicyclic) bond motifs is 1. The predicted molar refractivity (Wildman–Crippen MR) is 50.0 cm³/mol. The number of hydrogen-bond acceptors (Lipinski definition) is 5. The van der Waals surface area contributed by atoms with Crippen molar-refractivity contribution < 1.29 is 0 Å². The highest BCUT2D eigenvalue weighted by atomic mass is 16.2. The quantitative estimate of drug-likeness (QED) is 0.242. The molecule has 6 N–H and O–H groups in total. The van der Waals surface area contributed by atoms with Crippen molar-refractivity contribution in [1.29, 1.82) is 5.26 Å². The van der Waals surface area contributed by atoms with Crippen LogP contribution in [0.5, 0.6) is 0 Å². The Hall–Kier alpha value is -2.76. The summed E-state index contributed by atoms with van der Waals surface area (Å²) in [6.45, 7) is 0. The van der Waals surface area contributed by atoms with Crippen LogP contribution in [0.3, 0.4) is 0 Å². The minimum Gasteiger partial charge on any atom is -0.337 e. The maximum Gasteiger partial charge on any atom is 0.327 e. The second-order valence-corrected chi connectivity index (χ2v) is 2.37. The minimum absolute atomic E-state index is 0.0413. The third-order valence-electron chi connectivity index (χ3n) is 1.42. The SMILES string of the molecule is N#CN.O=c1[nH]c(=O)c2[nH]c(=O)[nH]c2[nH]1. The van der Waals surface area contributed by atoms with Gasteiger partial charge in [0, 0.05) is 0 Å². The number of nitrogens with one attached hydrogen (secondary N) is 4. The maximum absolute atomic E-state index is 10.9. The molecular weight excluding hydrogens is 204 g/mol. The van der Waals surface area contributed by atoms with Gasteiger partial charge in [0.05, 0.1) is 0 Å². The van der Waals surface area contributed by atoms with Crippen LogP contribution in [-0.2, 0) is 0 Å². The second kappa shape index (κ2) is 3.97. The summed E-state index contributed by atoms with van der Waals surface area (Å²) >= 11 is 0. The van der Waals surface area contributed by atoms with Crippen molar-refractivity contribution in [2.45, 2.75) is 0 Å². The van der Waals surface area contributed by atoms with E-state index in [4.69, 9.17) is 5.26 Å². The molecule has 2 aromatic rings. The van der Waals surface area contributed by atoms with Gasteiger partial charge >= 0.3 is 11.4 Å². The summed E-state index contributed by atoms with van der Waals surface area (Å²) in [7, 11) is 0. The highest BCUT2D eigenvalue weighted by molar-refractivity contribution is 5.67. The van der Waals surface area contributed by atoms with Crippen LogP contribution >= 0.6 is 0 Å². The Kier molecular flexibility index (Phi) is 2.73. The van der Waals surface area contributed by atoms with Gasteiger partial charge in [-0.25, -0.2) is 9.59 Å². The molecule has 78 valence electrons. The van der Waals surface area contributed by atoms with E-state index in [0.29, 0.717) is 0 Å². The van der Waals surface area contributed by atoms with Gasteiger partial charge < -0.3 is 5.73 Å². The number of hydrogen-bond donors (Lipinski definition) is 5. The van der Waals surface area contributed by atoms with E-state index in [9.17, 15) is 14.4 Å². The fourth-order valence-corrected chi connectivity index (χ4v) is 0.958. The van der Waals surface area contributed by atoms with Crippen molar-refractivity contribution in [1.82, 2.24) is 19.9 Å². The zero-order chi connectivity index (χ0) is 11.4. The molecule has 0 bridgehead atoms. The fraction of sp³-hybridized carbons (Fsp3) is 0. The monoisotopic (exact) mass is 210 g/mol. The molecule has 0 aromatic carbocycles. The summed E-state index contributed by atoms with van der Waals surface area (Å²) in [5.74, 6) is 0. The predicted octanol–water partition coefficient (Wildman–Crippen LogP) is -2.34. The number of H-pyrrole nitrogens is 4. The maximum atomic E-state index is 10.9. The summed E-state index contributed by atoms with van der Waals surface area (Å²) < 4.78 is 0. The van der Waals surface area contributed by atoms with E-state index in [1.165, 1.54) is 6.19 Å². The third-order valence-corrected chi connectivity index (χ3v) is 1.42.